The second-order valence-electron chi connectivity index (χ2n) is 8.85. The molecule has 31 heavy (non-hydrogen) atoms. The molecule has 176 valence electrons. The second-order valence-corrected chi connectivity index (χ2v) is 8.85. The molecular formula is C24H43IN6. The van der Waals surface area contributed by atoms with E-state index in [2.05, 4.69) is 70.5 Å². The van der Waals surface area contributed by atoms with E-state index in [1.165, 1.54) is 63.1 Å². The summed E-state index contributed by atoms with van der Waals surface area (Å²) in [6.45, 7) is 15.4. The van der Waals surface area contributed by atoms with E-state index in [1.807, 2.05) is 0 Å². The zero-order valence-electron chi connectivity index (χ0n) is 19.8. The van der Waals surface area contributed by atoms with Crippen molar-refractivity contribution in [3.05, 3.63) is 35.4 Å². The summed E-state index contributed by atoms with van der Waals surface area (Å²) in [5, 5.41) is 7.08. The molecule has 0 atom stereocenters. The van der Waals surface area contributed by atoms with Crippen LogP contribution < -0.4 is 10.6 Å². The molecule has 0 saturated carbocycles. The Labute approximate surface area is 206 Å². The van der Waals surface area contributed by atoms with Crippen LogP contribution >= 0.6 is 24.0 Å². The number of rotatable bonds is 8. The van der Waals surface area contributed by atoms with E-state index in [1.54, 1.807) is 0 Å². The van der Waals surface area contributed by atoms with Gasteiger partial charge in [-0.1, -0.05) is 31.2 Å². The highest BCUT2D eigenvalue weighted by molar-refractivity contribution is 14.0. The van der Waals surface area contributed by atoms with Crippen LogP contribution in [0.1, 0.15) is 44.2 Å². The first-order valence-electron chi connectivity index (χ1n) is 11.9. The summed E-state index contributed by atoms with van der Waals surface area (Å²) >= 11 is 0. The average molecular weight is 543 g/mol. The molecule has 6 nitrogen and oxygen atoms in total. The van der Waals surface area contributed by atoms with Crippen LogP contribution in [0.5, 0.6) is 0 Å². The van der Waals surface area contributed by atoms with Gasteiger partial charge in [0.1, 0.15) is 0 Å². The summed E-state index contributed by atoms with van der Waals surface area (Å²) in [7, 11) is 2.21. The molecule has 0 radical (unpaired) electrons. The molecule has 1 aromatic carbocycles. The highest BCUT2D eigenvalue weighted by Gasteiger charge is 2.19. The summed E-state index contributed by atoms with van der Waals surface area (Å²) in [4.78, 5) is 12.4. The van der Waals surface area contributed by atoms with E-state index in [-0.39, 0.29) is 24.0 Å². The molecule has 2 aliphatic heterocycles. The van der Waals surface area contributed by atoms with Gasteiger partial charge in [0.05, 0.1) is 6.54 Å². The van der Waals surface area contributed by atoms with Crippen molar-refractivity contribution in [1.29, 1.82) is 0 Å². The molecule has 2 N–H and O–H groups in total. The first kappa shape index (κ1) is 26.4. The minimum atomic E-state index is 0. The molecule has 2 aliphatic rings. The fraction of sp³-hybridized carbons (Fsp3) is 0.708. The summed E-state index contributed by atoms with van der Waals surface area (Å²) in [5.41, 5.74) is 2.67. The Bertz CT molecular complexity index is 634. The van der Waals surface area contributed by atoms with E-state index in [0.29, 0.717) is 6.04 Å². The lowest BCUT2D eigenvalue weighted by Gasteiger charge is -2.32. The fourth-order valence-corrected chi connectivity index (χ4v) is 4.32. The van der Waals surface area contributed by atoms with E-state index >= 15 is 0 Å². The van der Waals surface area contributed by atoms with E-state index < -0.39 is 0 Å². The van der Waals surface area contributed by atoms with Gasteiger partial charge in [-0.3, -0.25) is 4.90 Å². The van der Waals surface area contributed by atoms with Crippen LogP contribution in [0.2, 0.25) is 0 Å². The van der Waals surface area contributed by atoms with Crippen molar-refractivity contribution in [2.75, 3.05) is 59.4 Å². The number of hydrogen-bond donors (Lipinski definition) is 2. The van der Waals surface area contributed by atoms with Crippen molar-refractivity contribution in [2.24, 2.45) is 4.99 Å². The molecular weight excluding hydrogens is 499 g/mol. The van der Waals surface area contributed by atoms with Gasteiger partial charge < -0.3 is 20.4 Å². The van der Waals surface area contributed by atoms with E-state index in [9.17, 15) is 0 Å². The van der Waals surface area contributed by atoms with Gasteiger partial charge >= 0.3 is 0 Å². The SMILES string of the molecule is CCCN1CCC(NC(=NCc2ccc(CN3CCN(C)CC3)cc2)NCC)CC1.I. The molecule has 2 saturated heterocycles. The van der Waals surface area contributed by atoms with Crippen LogP contribution in [-0.2, 0) is 13.1 Å². The number of aliphatic imine (C=N–C) groups is 1. The average Bonchev–Trinajstić information content (AvgIpc) is 2.76. The number of piperazine rings is 1. The lowest BCUT2D eigenvalue weighted by atomic mass is 10.1. The predicted octanol–water partition coefficient (Wildman–Crippen LogP) is 2.98. The molecule has 0 spiro atoms. The van der Waals surface area contributed by atoms with Crippen LogP contribution in [0, 0.1) is 0 Å². The Morgan fingerprint density at radius 2 is 1.58 bits per heavy atom. The lowest BCUT2D eigenvalue weighted by molar-refractivity contribution is 0.148. The van der Waals surface area contributed by atoms with Crippen LogP contribution in [0.15, 0.2) is 29.3 Å². The van der Waals surface area contributed by atoms with Gasteiger partial charge in [-0.05, 0) is 50.9 Å². The van der Waals surface area contributed by atoms with Crippen molar-refractivity contribution >= 4 is 29.9 Å². The van der Waals surface area contributed by atoms with Gasteiger partial charge in [-0.15, -0.1) is 24.0 Å². The van der Waals surface area contributed by atoms with Crippen molar-refractivity contribution in [1.82, 2.24) is 25.3 Å². The van der Waals surface area contributed by atoms with Gasteiger partial charge in [0, 0.05) is 58.4 Å². The Morgan fingerprint density at radius 1 is 0.935 bits per heavy atom. The van der Waals surface area contributed by atoms with Gasteiger partial charge in [0.2, 0.25) is 0 Å². The molecule has 3 rings (SSSR count). The van der Waals surface area contributed by atoms with E-state index in [4.69, 9.17) is 4.99 Å². The molecule has 2 fully saturated rings. The number of hydrogen-bond acceptors (Lipinski definition) is 4. The molecule has 7 heteroatoms. The maximum Gasteiger partial charge on any atom is 0.191 e. The summed E-state index contributed by atoms with van der Waals surface area (Å²) in [6, 6.07) is 9.55. The van der Waals surface area contributed by atoms with E-state index in [0.717, 1.165) is 38.7 Å². The molecule has 0 unspecified atom stereocenters. The van der Waals surface area contributed by atoms with Crippen LogP contribution in [0.3, 0.4) is 0 Å². The minimum Gasteiger partial charge on any atom is -0.357 e. The second kappa shape index (κ2) is 14.3. The number of benzene rings is 1. The van der Waals surface area contributed by atoms with Crippen molar-refractivity contribution < 1.29 is 0 Å². The first-order chi connectivity index (χ1) is 14.7. The Morgan fingerprint density at radius 3 is 2.19 bits per heavy atom. The maximum atomic E-state index is 4.85. The third-order valence-corrected chi connectivity index (χ3v) is 6.26. The topological polar surface area (TPSA) is 46.1 Å². The van der Waals surface area contributed by atoms with Crippen LogP contribution in [0.25, 0.3) is 0 Å². The number of piperidine rings is 1. The number of nitrogens with zero attached hydrogens (tertiary/aromatic N) is 4. The van der Waals surface area contributed by atoms with Crippen LogP contribution in [0.4, 0.5) is 0 Å². The summed E-state index contributed by atoms with van der Waals surface area (Å²) < 4.78 is 0. The highest BCUT2D eigenvalue weighted by atomic mass is 127. The zero-order chi connectivity index (χ0) is 21.2. The summed E-state index contributed by atoms with van der Waals surface area (Å²) in [5.74, 6) is 0.952. The number of guanidine groups is 1. The normalized spacial score (nSPS) is 19.8. The van der Waals surface area contributed by atoms with Crippen molar-refractivity contribution in [3.63, 3.8) is 0 Å². The predicted molar refractivity (Wildman–Crippen MR) is 142 cm³/mol. The largest absolute Gasteiger partial charge is 0.357 e. The maximum absolute atomic E-state index is 4.85. The molecule has 0 amide bonds. The zero-order valence-corrected chi connectivity index (χ0v) is 22.1. The monoisotopic (exact) mass is 542 g/mol. The molecule has 2 heterocycles. The number of likely N-dealkylation sites (N-methyl/N-ethyl adjacent to an activating group) is 1. The standard InChI is InChI=1S/C24H42N6.HI/c1-4-12-29-13-10-23(11-14-29)27-24(25-5-2)26-19-21-6-8-22(9-7-21)20-30-17-15-28(3)16-18-30;/h6-9,23H,4-5,10-20H2,1-3H3,(H2,25,26,27);1H. The highest BCUT2D eigenvalue weighted by Crippen LogP contribution is 2.12. The van der Waals surface area contributed by atoms with Gasteiger partial charge in [-0.25, -0.2) is 4.99 Å². The van der Waals surface area contributed by atoms with Crippen molar-refractivity contribution in [3.8, 4) is 0 Å². The Hall–Kier alpha value is -0.900. The quantitative estimate of drug-likeness (QED) is 0.301. The number of nitrogens with one attached hydrogen (secondary N) is 2. The molecule has 0 bridgehead atoms. The fourth-order valence-electron chi connectivity index (χ4n) is 4.32. The number of likely N-dealkylation sites (tertiary alicyclic amines) is 1. The molecule has 0 aliphatic carbocycles. The summed E-state index contributed by atoms with van der Waals surface area (Å²) in [6.07, 6.45) is 3.65. The smallest absolute Gasteiger partial charge is 0.191 e. The number of halogens is 1. The third kappa shape index (κ3) is 9.24. The Kier molecular flexibility index (Phi) is 12.1. The van der Waals surface area contributed by atoms with Crippen molar-refractivity contribution in [2.45, 2.75) is 52.2 Å². The first-order valence-corrected chi connectivity index (χ1v) is 11.9. The van der Waals surface area contributed by atoms with Gasteiger partial charge in [0.25, 0.3) is 0 Å². The lowest BCUT2D eigenvalue weighted by Crippen LogP contribution is -2.48. The third-order valence-electron chi connectivity index (χ3n) is 6.26. The van der Waals surface area contributed by atoms with Gasteiger partial charge in [0.15, 0.2) is 5.96 Å². The molecule has 1 aromatic rings. The Balaban J connectivity index is 0.00000341. The molecule has 0 aromatic heterocycles. The minimum absolute atomic E-state index is 0. The van der Waals surface area contributed by atoms with Crippen LogP contribution in [-0.4, -0.2) is 86.1 Å². The van der Waals surface area contributed by atoms with Gasteiger partial charge in [-0.2, -0.15) is 0 Å².